The fourth-order valence-electron chi connectivity index (χ4n) is 10.6. The number of carbonyl (C=O) groups is 4. The first kappa shape index (κ1) is 42.7. The predicted octanol–water partition coefficient (Wildman–Crippen LogP) is 6.20. The lowest BCUT2D eigenvalue weighted by Gasteiger charge is -2.36. The van der Waals surface area contributed by atoms with E-state index in [9.17, 15) is 31.6 Å². The van der Waals surface area contributed by atoms with E-state index in [4.69, 9.17) is 24.2 Å². The molecule has 1 aromatic heterocycles. The molecule has 8 rings (SSSR count). The maximum absolute atomic E-state index is 15.1. The van der Waals surface area contributed by atoms with Gasteiger partial charge in [-0.05, 0) is 93.1 Å². The highest BCUT2D eigenvalue weighted by atomic mass is 32.2. The average molecular weight is 857 g/mol. The molecule has 3 heterocycles. The number of aromatic nitrogens is 2. The number of fused-ring (bicyclic) bond motifs is 7. The molecule has 0 unspecified atom stereocenters. The largest absolute Gasteiger partial charge is 0.497 e. The summed E-state index contributed by atoms with van der Waals surface area (Å²) in [5, 5.41) is -0.780. The molecule has 5 fully saturated rings. The van der Waals surface area contributed by atoms with Gasteiger partial charge in [0.25, 0.3) is 0 Å². The Bertz CT molecular complexity index is 2140. The number of carbonyl (C=O) groups excluding carboxylic acids is 4. The molecule has 1 N–H and O–H groups in total. The number of methoxy groups -OCH3 is 1. The van der Waals surface area contributed by atoms with E-state index < -0.39 is 92.4 Å². The van der Waals surface area contributed by atoms with Crippen molar-refractivity contribution >= 4 is 44.6 Å². The summed E-state index contributed by atoms with van der Waals surface area (Å²) in [4.78, 5) is 68.8. The van der Waals surface area contributed by atoms with Crippen LogP contribution in [0.2, 0.25) is 0 Å². The fourth-order valence-corrected chi connectivity index (χ4v) is 12.0. The summed E-state index contributed by atoms with van der Waals surface area (Å²) in [6, 6.07) is 4.16. The Morgan fingerprint density at radius 1 is 1.02 bits per heavy atom. The zero-order valence-corrected chi connectivity index (χ0v) is 36.0. The average Bonchev–Trinajstić information content (AvgIpc) is 4.12. The summed E-state index contributed by atoms with van der Waals surface area (Å²) < 4.78 is 75.0. The van der Waals surface area contributed by atoms with E-state index in [1.165, 1.54) is 4.90 Å². The number of nitrogens with zero attached hydrogens (tertiary/aromatic N) is 3. The number of rotatable bonds is 9. The molecule has 4 saturated carbocycles. The first-order valence-corrected chi connectivity index (χ1v) is 23.4. The van der Waals surface area contributed by atoms with E-state index >= 15 is 4.79 Å². The number of ketones is 1. The normalized spacial score (nSPS) is 33.5. The standard InChI is InChI=1S/C44H58F2N4O9S/c1-6-26-36-22-50(38(26)34(51)21-44(20-30(44)39(45)46)42(54)49-60(55,56)25-13-14-25)41(53)29(43(2,3)4)19-37(52)58-35-17-23-16-28(23)27(35)10-8-7-9-11-32-40(59-36)48-33-18-24(57-5)12-15-31(33)47-32/h12,15,18,23,25-30,35-36,38-39H,6-11,13-14,16-17,19-22H2,1-5H3,(H,49,54)/t23-,26+,27+,28-,29+,30-,35+,36-,38-,44+/m0/s1. The van der Waals surface area contributed by atoms with Crippen LogP contribution in [0.25, 0.3) is 11.0 Å². The summed E-state index contributed by atoms with van der Waals surface area (Å²) in [7, 11) is -2.55. The fraction of sp³-hybridized carbons (Fsp3) is 0.727. The van der Waals surface area contributed by atoms with Crippen molar-refractivity contribution in [2.75, 3.05) is 13.7 Å². The van der Waals surface area contributed by atoms with Crippen LogP contribution < -0.4 is 14.2 Å². The third kappa shape index (κ3) is 8.34. The van der Waals surface area contributed by atoms with Crippen LogP contribution in [0.5, 0.6) is 11.6 Å². The van der Waals surface area contributed by atoms with Gasteiger partial charge in [0.15, 0.2) is 5.78 Å². The highest BCUT2D eigenvalue weighted by Crippen LogP contribution is 2.60. The van der Waals surface area contributed by atoms with Crippen LogP contribution in [0.3, 0.4) is 0 Å². The van der Waals surface area contributed by atoms with E-state index in [1.807, 2.05) is 44.5 Å². The molecule has 328 valence electrons. The summed E-state index contributed by atoms with van der Waals surface area (Å²) >= 11 is 0. The number of alkyl halides is 2. The molecule has 4 aliphatic carbocycles. The van der Waals surface area contributed by atoms with Crippen molar-refractivity contribution in [2.45, 2.75) is 141 Å². The number of Topliss-reactive ketones (excluding diaryl/α,β-unsaturated/α-hetero) is 1. The van der Waals surface area contributed by atoms with Gasteiger partial charge in [0.05, 0.1) is 53.7 Å². The summed E-state index contributed by atoms with van der Waals surface area (Å²) in [6.45, 7) is 7.30. The molecule has 2 bridgehead atoms. The van der Waals surface area contributed by atoms with Crippen LogP contribution >= 0.6 is 0 Å². The number of nitrogens with one attached hydrogen (secondary N) is 1. The lowest BCUT2D eigenvalue weighted by atomic mass is 9.77. The molecular weight excluding hydrogens is 799 g/mol. The highest BCUT2D eigenvalue weighted by Gasteiger charge is 2.66. The second-order valence-corrected chi connectivity index (χ2v) is 21.4. The second kappa shape index (κ2) is 16.1. The SMILES string of the molecule is CC[C@@H]1[C@@H]2CN(C(=O)[C@H](C(C)(C)C)CC(=O)O[C@@H]3C[C@@H]4C[C@@H]4[C@H]3CCCCCc3nc4ccc(OC)cc4nc3O2)[C@@H]1C(=O)C[C@]1(C(=O)NS(=O)(=O)C2CC2)C[C@H]1C(F)F. The molecule has 10 atom stereocenters. The smallest absolute Gasteiger partial charge is 0.306 e. The second-order valence-electron chi connectivity index (χ2n) is 19.4. The molecule has 2 aliphatic heterocycles. The van der Waals surface area contributed by atoms with Gasteiger partial charge in [0, 0.05) is 24.3 Å². The van der Waals surface area contributed by atoms with Gasteiger partial charge in [-0.15, -0.1) is 0 Å². The van der Waals surface area contributed by atoms with Gasteiger partial charge < -0.3 is 19.1 Å². The van der Waals surface area contributed by atoms with Crippen LogP contribution in [0, 0.1) is 46.3 Å². The van der Waals surface area contributed by atoms with E-state index in [1.54, 1.807) is 13.2 Å². The topological polar surface area (TPSA) is 171 Å². The van der Waals surface area contributed by atoms with Gasteiger partial charge in [-0.3, -0.25) is 23.9 Å². The third-order valence-electron chi connectivity index (χ3n) is 14.4. The number of hydrogen-bond acceptors (Lipinski definition) is 11. The molecule has 0 spiro atoms. The Morgan fingerprint density at radius 2 is 1.78 bits per heavy atom. The quantitative estimate of drug-likeness (QED) is 0.285. The molecule has 1 aromatic carbocycles. The van der Waals surface area contributed by atoms with Gasteiger partial charge in [0.1, 0.15) is 23.7 Å². The monoisotopic (exact) mass is 856 g/mol. The van der Waals surface area contributed by atoms with Crippen LogP contribution in [0.1, 0.15) is 110 Å². The van der Waals surface area contributed by atoms with Crippen molar-refractivity contribution in [2.24, 2.45) is 46.3 Å². The maximum Gasteiger partial charge on any atom is 0.306 e. The van der Waals surface area contributed by atoms with Crippen molar-refractivity contribution in [1.82, 2.24) is 19.6 Å². The first-order valence-electron chi connectivity index (χ1n) is 21.8. The van der Waals surface area contributed by atoms with Crippen LogP contribution in [0.4, 0.5) is 8.78 Å². The van der Waals surface area contributed by atoms with E-state index in [2.05, 4.69) is 0 Å². The number of sulfonamides is 1. The third-order valence-corrected chi connectivity index (χ3v) is 16.2. The van der Waals surface area contributed by atoms with Gasteiger partial charge >= 0.3 is 5.97 Å². The van der Waals surface area contributed by atoms with Crippen LogP contribution in [-0.4, -0.2) is 90.4 Å². The number of aryl methyl sites for hydroxylation is 1. The molecule has 16 heteroatoms. The van der Waals surface area contributed by atoms with Crippen molar-refractivity contribution in [3.63, 3.8) is 0 Å². The number of amides is 2. The lowest BCUT2D eigenvalue weighted by molar-refractivity contribution is -0.158. The molecule has 2 amide bonds. The number of benzene rings is 1. The van der Waals surface area contributed by atoms with Crippen molar-refractivity contribution < 1.29 is 50.6 Å². The number of esters is 1. The Morgan fingerprint density at radius 3 is 2.45 bits per heavy atom. The van der Waals surface area contributed by atoms with Gasteiger partial charge in [0.2, 0.25) is 34.1 Å². The molecule has 13 nitrogen and oxygen atoms in total. The van der Waals surface area contributed by atoms with Crippen molar-refractivity contribution in [1.29, 1.82) is 0 Å². The molecule has 60 heavy (non-hydrogen) atoms. The molecule has 0 radical (unpaired) electrons. The van der Waals surface area contributed by atoms with Crippen molar-refractivity contribution in [3.05, 3.63) is 23.9 Å². The highest BCUT2D eigenvalue weighted by molar-refractivity contribution is 7.90. The first-order chi connectivity index (χ1) is 28.4. The van der Waals surface area contributed by atoms with E-state index in [0.29, 0.717) is 60.0 Å². The van der Waals surface area contributed by atoms with E-state index in [0.717, 1.165) is 38.5 Å². The molecular formula is C44H58F2N4O9S. The molecule has 1 saturated heterocycles. The Balaban J connectivity index is 1.17. The predicted molar refractivity (Wildman–Crippen MR) is 215 cm³/mol. The van der Waals surface area contributed by atoms with E-state index in [-0.39, 0.29) is 37.3 Å². The Hall–Kier alpha value is -3.95. The molecule has 6 aliphatic rings. The van der Waals surface area contributed by atoms with Gasteiger partial charge in [-0.25, -0.2) is 27.2 Å². The summed E-state index contributed by atoms with van der Waals surface area (Å²) in [5.41, 5.74) is -0.928. The Kier molecular flexibility index (Phi) is 11.4. The zero-order valence-electron chi connectivity index (χ0n) is 35.2. The summed E-state index contributed by atoms with van der Waals surface area (Å²) in [5.74, 6) is -3.70. The number of halogens is 2. The van der Waals surface area contributed by atoms with Crippen molar-refractivity contribution in [3.8, 4) is 11.6 Å². The van der Waals surface area contributed by atoms with Crippen LogP contribution in [-0.2, 0) is 40.4 Å². The summed E-state index contributed by atoms with van der Waals surface area (Å²) in [6.07, 6.45) is 1.83. The number of hydrogen-bond donors (Lipinski definition) is 1. The van der Waals surface area contributed by atoms with Gasteiger partial charge in [-0.1, -0.05) is 40.5 Å². The lowest BCUT2D eigenvalue weighted by Crippen LogP contribution is -2.50. The minimum absolute atomic E-state index is 0.0891. The zero-order chi connectivity index (χ0) is 42.9. The van der Waals surface area contributed by atoms with Crippen LogP contribution in [0.15, 0.2) is 18.2 Å². The maximum atomic E-state index is 15.1. The number of ether oxygens (including phenoxy) is 3. The van der Waals surface area contributed by atoms with Gasteiger partial charge in [-0.2, -0.15) is 0 Å². The minimum atomic E-state index is -4.10. The minimum Gasteiger partial charge on any atom is -0.497 e. The molecule has 2 aromatic rings. The Labute approximate surface area is 350 Å².